The van der Waals surface area contributed by atoms with Crippen molar-refractivity contribution in [1.82, 2.24) is 5.32 Å². The highest BCUT2D eigenvalue weighted by molar-refractivity contribution is 5.81. The average molecular weight is 237 g/mol. The molecule has 6 nitrogen and oxygen atoms in total. The lowest BCUT2D eigenvalue weighted by atomic mass is 10.1. The first-order chi connectivity index (χ1) is 8.00. The Morgan fingerprint density at radius 2 is 1.88 bits per heavy atom. The van der Waals surface area contributed by atoms with Gasteiger partial charge in [-0.1, -0.05) is 30.3 Å². The summed E-state index contributed by atoms with van der Waals surface area (Å²) in [5.41, 5.74) is 11.2. The summed E-state index contributed by atoms with van der Waals surface area (Å²) in [6, 6.07) is 8.10. The van der Waals surface area contributed by atoms with Crippen LogP contribution in [0.2, 0.25) is 0 Å². The van der Waals surface area contributed by atoms with Crippen LogP contribution < -0.4 is 16.8 Å². The molecule has 17 heavy (non-hydrogen) atoms. The number of carboxylic acids is 1. The lowest BCUT2D eigenvalue weighted by molar-refractivity contribution is -0.139. The minimum atomic E-state index is -1.17. The molecule has 0 saturated carbocycles. The van der Waals surface area contributed by atoms with Gasteiger partial charge in [-0.05, 0) is 12.0 Å². The van der Waals surface area contributed by atoms with Gasteiger partial charge in [0.1, 0.15) is 12.2 Å². The van der Waals surface area contributed by atoms with Crippen molar-refractivity contribution in [2.24, 2.45) is 11.5 Å². The monoisotopic (exact) mass is 237 g/mol. The van der Waals surface area contributed by atoms with E-state index >= 15 is 0 Å². The van der Waals surface area contributed by atoms with E-state index in [0.717, 1.165) is 5.56 Å². The predicted octanol–water partition coefficient (Wildman–Crippen LogP) is -0.958. The summed E-state index contributed by atoms with van der Waals surface area (Å²) in [5, 5.41) is 11.5. The second kappa shape index (κ2) is 5.97. The predicted molar refractivity (Wildman–Crippen MR) is 61.9 cm³/mol. The zero-order valence-electron chi connectivity index (χ0n) is 9.17. The molecule has 0 aliphatic carbocycles. The molecule has 0 bridgehead atoms. The minimum absolute atomic E-state index is 0.233. The molecular weight excluding hydrogens is 222 g/mol. The number of rotatable bonds is 6. The summed E-state index contributed by atoms with van der Waals surface area (Å²) in [7, 11) is 0. The van der Waals surface area contributed by atoms with Gasteiger partial charge in [-0.2, -0.15) is 0 Å². The van der Waals surface area contributed by atoms with Gasteiger partial charge < -0.3 is 16.6 Å². The Balaban J connectivity index is 2.67. The smallest absolute Gasteiger partial charge is 0.321 e. The number of nitrogens with one attached hydrogen (secondary N) is 1. The first-order valence-corrected chi connectivity index (χ1v) is 5.08. The van der Waals surface area contributed by atoms with E-state index in [2.05, 4.69) is 5.32 Å². The Labute approximate surface area is 98.6 Å². The average Bonchev–Trinajstić information content (AvgIpc) is 2.29. The number of hydrogen-bond acceptors (Lipinski definition) is 4. The van der Waals surface area contributed by atoms with Crippen molar-refractivity contribution in [1.29, 1.82) is 0 Å². The maximum absolute atomic E-state index is 11.0. The van der Waals surface area contributed by atoms with E-state index in [0.29, 0.717) is 0 Å². The van der Waals surface area contributed by atoms with Gasteiger partial charge in [0.05, 0.1) is 0 Å². The second-order valence-electron chi connectivity index (χ2n) is 3.63. The molecule has 0 saturated heterocycles. The van der Waals surface area contributed by atoms with E-state index < -0.39 is 24.1 Å². The zero-order chi connectivity index (χ0) is 12.8. The molecule has 1 rings (SSSR count). The molecule has 0 heterocycles. The molecule has 0 aliphatic rings. The lowest BCUT2D eigenvalue weighted by Crippen LogP contribution is -2.55. The van der Waals surface area contributed by atoms with Crippen LogP contribution in [0, 0.1) is 0 Å². The SMILES string of the molecule is NC(=O)C(N)N[C@@H](Cc1ccccc1)C(=O)O. The Morgan fingerprint density at radius 1 is 1.29 bits per heavy atom. The Bertz CT molecular complexity index is 394. The maximum atomic E-state index is 11.0. The number of hydrogen-bond donors (Lipinski definition) is 4. The van der Waals surface area contributed by atoms with Crippen LogP contribution in [0.25, 0.3) is 0 Å². The third kappa shape index (κ3) is 4.21. The maximum Gasteiger partial charge on any atom is 0.321 e. The quantitative estimate of drug-likeness (QED) is 0.475. The van der Waals surface area contributed by atoms with Crippen molar-refractivity contribution >= 4 is 11.9 Å². The van der Waals surface area contributed by atoms with Crippen LogP contribution in [0.15, 0.2) is 30.3 Å². The summed E-state index contributed by atoms with van der Waals surface area (Å²) < 4.78 is 0. The molecule has 2 atom stereocenters. The third-order valence-corrected chi connectivity index (χ3v) is 2.27. The molecule has 0 aromatic heterocycles. The molecule has 0 aliphatic heterocycles. The van der Waals surface area contributed by atoms with Gasteiger partial charge in [-0.25, -0.2) is 0 Å². The van der Waals surface area contributed by atoms with Gasteiger partial charge in [0, 0.05) is 0 Å². The molecule has 1 aromatic rings. The van der Waals surface area contributed by atoms with Crippen LogP contribution in [-0.4, -0.2) is 29.2 Å². The first kappa shape index (κ1) is 13.1. The van der Waals surface area contributed by atoms with Crippen LogP contribution in [0.3, 0.4) is 0 Å². The van der Waals surface area contributed by atoms with Crippen molar-refractivity contribution in [2.75, 3.05) is 0 Å². The highest BCUT2D eigenvalue weighted by Gasteiger charge is 2.22. The van der Waals surface area contributed by atoms with Crippen molar-refractivity contribution in [3.8, 4) is 0 Å². The van der Waals surface area contributed by atoms with E-state index in [1.54, 1.807) is 12.1 Å². The summed E-state index contributed by atoms with van der Waals surface area (Å²) in [6.07, 6.45) is -0.934. The molecule has 1 unspecified atom stereocenters. The van der Waals surface area contributed by atoms with E-state index in [1.807, 2.05) is 18.2 Å². The lowest BCUT2D eigenvalue weighted by Gasteiger charge is -2.17. The molecule has 0 radical (unpaired) electrons. The highest BCUT2D eigenvalue weighted by atomic mass is 16.4. The van der Waals surface area contributed by atoms with Gasteiger partial charge in [0.25, 0.3) is 0 Å². The molecule has 1 aromatic carbocycles. The summed E-state index contributed by atoms with van der Waals surface area (Å²) in [5.74, 6) is -1.87. The molecule has 0 fully saturated rings. The second-order valence-corrected chi connectivity index (χ2v) is 3.63. The van der Waals surface area contributed by atoms with Crippen LogP contribution in [0.4, 0.5) is 0 Å². The van der Waals surface area contributed by atoms with Gasteiger partial charge in [0.15, 0.2) is 0 Å². The largest absolute Gasteiger partial charge is 0.480 e. The number of benzene rings is 1. The van der Waals surface area contributed by atoms with Gasteiger partial charge in [-0.3, -0.25) is 14.9 Å². The van der Waals surface area contributed by atoms with Crippen LogP contribution in [0.5, 0.6) is 0 Å². The standard InChI is InChI=1S/C11H15N3O3/c12-9(10(13)15)14-8(11(16)17)6-7-4-2-1-3-5-7/h1-5,8-9,14H,6,12H2,(H2,13,15)(H,16,17)/t8-,9?/m0/s1. The Kier molecular flexibility index (Phi) is 4.62. The number of carbonyl (C=O) groups is 2. The Hall–Kier alpha value is -1.92. The fourth-order valence-corrected chi connectivity index (χ4v) is 1.37. The number of carbonyl (C=O) groups excluding carboxylic acids is 1. The van der Waals surface area contributed by atoms with Crippen LogP contribution >= 0.6 is 0 Å². The van der Waals surface area contributed by atoms with Crippen molar-refractivity contribution in [3.63, 3.8) is 0 Å². The molecule has 6 heteroatoms. The van der Waals surface area contributed by atoms with Crippen LogP contribution in [-0.2, 0) is 16.0 Å². The normalized spacial score (nSPS) is 13.9. The minimum Gasteiger partial charge on any atom is -0.480 e. The number of amides is 1. The summed E-state index contributed by atoms with van der Waals surface area (Å²) in [6.45, 7) is 0. The van der Waals surface area contributed by atoms with Crippen molar-refractivity contribution < 1.29 is 14.7 Å². The highest BCUT2D eigenvalue weighted by Crippen LogP contribution is 2.03. The third-order valence-electron chi connectivity index (χ3n) is 2.27. The van der Waals surface area contributed by atoms with E-state index in [4.69, 9.17) is 16.6 Å². The number of aliphatic carboxylic acids is 1. The zero-order valence-corrected chi connectivity index (χ0v) is 9.17. The first-order valence-electron chi connectivity index (χ1n) is 5.08. The van der Waals surface area contributed by atoms with E-state index in [9.17, 15) is 9.59 Å². The summed E-state index contributed by atoms with van der Waals surface area (Å²) >= 11 is 0. The molecule has 6 N–H and O–H groups in total. The van der Waals surface area contributed by atoms with Crippen LogP contribution in [0.1, 0.15) is 5.56 Å². The molecule has 1 amide bonds. The fraction of sp³-hybridized carbons (Fsp3) is 0.273. The number of carboxylic acid groups (broad SMARTS) is 1. The van der Waals surface area contributed by atoms with E-state index in [1.165, 1.54) is 0 Å². The van der Waals surface area contributed by atoms with Gasteiger partial charge in [-0.15, -0.1) is 0 Å². The molecule has 0 spiro atoms. The topological polar surface area (TPSA) is 118 Å². The van der Waals surface area contributed by atoms with Crippen molar-refractivity contribution in [3.05, 3.63) is 35.9 Å². The molecular formula is C11H15N3O3. The Morgan fingerprint density at radius 3 is 2.35 bits per heavy atom. The van der Waals surface area contributed by atoms with E-state index in [-0.39, 0.29) is 6.42 Å². The fourth-order valence-electron chi connectivity index (χ4n) is 1.37. The molecule has 92 valence electrons. The summed E-state index contributed by atoms with van der Waals surface area (Å²) in [4.78, 5) is 21.7. The number of primary amides is 1. The van der Waals surface area contributed by atoms with Gasteiger partial charge in [0.2, 0.25) is 5.91 Å². The number of nitrogens with two attached hydrogens (primary N) is 2. The van der Waals surface area contributed by atoms with Crippen molar-refractivity contribution in [2.45, 2.75) is 18.6 Å². The van der Waals surface area contributed by atoms with Gasteiger partial charge >= 0.3 is 5.97 Å².